The third-order valence-corrected chi connectivity index (χ3v) is 7.98. The molecule has 5 rings (SSSR count). The molecule has 4 aromatic rings. The van der Waals surface area contributed by atoms with Crippen molar-refractivity contribution in [2.24, 2.45) is 0 Å². The highest BCUT2D eigenvalue weighted by Crippen LogP contribution is 2.32. The first-order chi connectivity index (χ1) is 13.5. The first-order valence-electron chi connectivity index (χ1n) is 9.03. The van der Waals surface area contributed by atoms with Crippen molar-refractivity contribution in [3.05, 3.63) is 47.4 Å². The highest BCUT2D eigenvalue weighted by atomic mass is 32.2. The molecule has 0 N–H and O–H groups in total. The summed E-state index contributed by atoms with van der Waals surface area (Å²) >= 11 is 1.45. The van der Waals surface area contributed by atoms with Crippen LogP contribution in [0.15, 0.2) is 41.0 Å². The van der Waals surface area contributed by atoms with Crippen molar-refractivity contribution < 1.29 is 8.42 Å². The second-order valence-corrected chi connectivity index (χ2v) is 9.80. The van der Waals surface area contributed by atoms with Crippen LogP contribution in [0.2, 0.25) is 0 Å². The molecule has 28 heavy (non-hydrogen) atoms. The van der Waals surface area contributed by atoms with Crippen LogP contribution in [0.4, 0.5) is 0 Å². The summed E-state index contributed by atoms with van der Waals surface area (Å²) in [6, 6.07) is 7.11. The standard InChI is InChI=1S/C18H18N6O2S2/c1-12-8-17-19-10-21-24(17)22-18(12)13-4-6-23(7-5-13)28(25,26)14-2-3-15-16(9-14)27-11-20-15/h2-3,8-11,13H,4-7H2,1H3. The van der Waals surface area contributed by atoms with Crippen LogP contribution in [0.1, 0.15) is 30.0 Å². The molecule has 1 aromatic carbocycles. The average Bonchev–Trinajstić information content (AvgIpc) is 3.35. The predicted molar refractivity (Wildman–Crippen MR) is 106 cm³/mol. The number of piperidine rings is 1. The summed E-state index contributed by atoms with van der Waals surface area (Å²) in [6.45, 7) is 2.97. The van der Waals surface area contributed by atoms with E-state index in [4.69, 9.17) is 0 Å². The van der Waals surface area contributed by atoms with Gasteiger partial charge in [0.2, 0.25) is 10.0 Å². The molecule has 0 aliphatic carbocycles. The largest absolute Gasteiger partial charge is 0.245 e. The molecule has 0 atom stereocenters. The molecule has 0 spiro atoms. The van der Waals surface area contributed by atoms with E-state index in [-0.39, 0.29) is 5.92 Å². The minimum Gasteiger partial charge on any atom is -0.245 e. The van der Waals surface area contributed by atoms with Crippen LogP contribution >= 0.6 is 11.3 Å². The van der Waals surface area contributed by atoms with Crippen molar-refractivity contribution in [2.45, 2.75) is 30.6 Å². The van der Waals surface area contributed by atoms with E-state index in [0.29, 0.717) is 18.0 Å². The predicted octanol–water partition coefficient (Wildman–Crippen LogP) is 2.61. The maximum Gasteiger partial charge on any atom is 0.243 e. The van der Waals surface area contributed by atoms with Gasteiger partial charge in [0.15, 0.2) is 5.65 Å². The monoisotopic (exact) mass is 414 g/mol. The lowest BCUT2D eigenvalue weighted by atomic mass is 9.92. The lowest BCUT2D eigenvalue weighted by molar-refractivity contribution is 0.314. The van der Waals surface area contributed by atoms with Crippen molar-refractivity contribution in [2.75, 3.05) is 13.1 Å². The van der Waals surface area contributed by atoms with Crippen LogP contribution in [0.5, 0.6) is 0 Å². The second-order valence-electron chi connectivity index (χ2n) is 6.98. The summed E-state index contributed by atoms with van der Waals surface area (Å²) in [5.41, 5.74) is 5.32. The van der Waals surface area contributed by atoms with Gasteiger partial charge in [0.25, 0.3) is 0 Å². The highest BCUT2D eigenvalue weighted by molar-refractivity contribution is 7.89. The summed E-state index contributed by atoms with van der Waals surface area (Å²) in [5, 5.41) is 8.72. The summed E-state index contributed by atoms with van der Waals surface area (Å²) in [6.07, 6.45) is 2.95. The fourth-order valence-corrected chi connectivity index (χ4v) is 6.07. The lowest BCUT2D eigenvalue weighted by Gasteiger charge is -2.31. The maximum absolute atomic E-state index is 13.1. The maximum atomic E-state index is 13.1. The SMILES string of the molecule is Cc1cc2ncnn2nc1C1CCN(S(=O)(=O)c2ccc3ncsc3c2)CC1. The number of aromatic nitrogens is 5. The zero-order chi connectivity index (χ0) is 19.3. The first kappa shape index (κ1) is 17.7. The van der Waals surface area contributed by atoms with Crippen molar-refractivity contribution in [3.63, 3.8) is 0 Å². The Hall–Kier alpha value is -2.43. The number of rotatable bonds is 3. The summed E-state index contributed by atoms with van der Waals surface area (Å²) in [4.78, 5) is 8.71. The Morgan fingerprint density at radius 3 is 2.79 bits per heavy atom. The van der Waals surface area contributed by atoms with E-state index < -0.39 is 10.0 Å². The molecule has 0 saturated carbocycles. The quantitative estimate of drug-likeness (QED) is 0.512. The molecule has 1 fully saturated rings. The minimum absolute atomic E-state index is 0.212. The van der Waals surface area contributed by atoms with E-state index in [1.165, 1.54) is 22.3 Å². The average molecular weight is 415 g/mol. The molecule has 1 saturated heterocycles. The Kier molecular flexibility index (Phi) is 4.14. The van der Waals surface area contributed by atoms with Crippen molar-refractivity contribution in [3.8, 4) is 0 Å². The van der Waals surface area contributed by atoms with Gasteiger partial charge in [-0.2, -0.15) is 9.40 Å². The number of thiazole rings is 1. The molecule has 144 valence electrons. The van der Waals surface area contributed by atoms with E-state index in [9.17, 15) is 8.42 Å². The summed E-state index contributed by atoms with van der Waals surface area (Å²) in [7, 11) is -3.51. The number of hydrogen-bond acceptors (Lipinski definition) is 7. The lowest BCUT2D eigenvalue weighted by Crippen LogP contribution is -2.38. The van der Waals surface area contributed by atoms with Gasteiger partial charge in [0, 0.05) is 19.0 Å². The van der Waals surface area contributed by atoms with Gasteiger partial charge in [-0.05, 0) is 49.6 Å². The third kappa shape index (κ3) is 2.88. The Bertz CT molecular complexity index is 1270. The first-order valence-corrected chi connectivity index (χ1v) is 11.4. The normalized spacial score (nSPS) is 16.9. The van der Waals surface area contributed by atoms with E-state index in [1.54, 1.807) is 28.0 Å². The number of nitrogens with zero attached hydrogens (tertiary/aromatic N) is 6. The molecule has 1 aliphatic rings. The molecule has 0 amide bonds. The van der Waals surface area contributed by atoms with Crippen molar-refractivity contribution >= 4 is 37.2 Å². The number of aryl methyl sites for hydroxylation is 1. The molecule has 3 aromatic heterocycles. The zero-order valence-corrected chi connectivity index (χ0v) is 16.8. The molecular formula is C18H18N6O2S2. The van der Waals surface area contributed by atoms with Gasteiger partial charge in [-0.1, -0.05) is 0 Å². The zero-order valence-electron chi connectivity index (χ0n) is 15.2. The van der Waals surface area contributed by atoms with Crippen LogP contribution in [-0.2, 0) is 10.0 Å². The smallest absolute Gasteiger partial charge is 0.243 e. The van der Waals surface area contributed by atoms with Crippen LogP contribution < -0.4 is 0 Å². The van der Waals surface area contributed by atoms with Gasteiger partial charge >= 0.3 is 0 Å². The fraction of sp³-hybridized carbons (Fsp3) is 0.333. The molecular weight excluding hydrogens is 396 g/mol. The Morgan fingerprint density at radius 2 is 1.96 bits per heavy atom. The molecule has 1 aliphatic heterocycles. The van der Waals surface area contributed by atoms with Crippen LogP contribution in [-0.4, -0.2) is 50.6 Å². The third-order valence-electron chi connectivity index (χ3n) is 5.29. The van der Waals surface area contributed by atoms with Gasteiger partial charge in [-0.15, -0.1) is 21.1 Å². The molecule has 0 unspecified atom stereocenters. The summed E-state index contributed by atoms with van der Waals surface area (Å²) in [5.74, 6) is 0.212. The minimum atomic E-state index is -3.51. The topological polar surface area (TPSA) is 93.4 Å². The van der Waals surface area contributed by atoms with Crippen molar-refractivity contribution in [1.82, 2.24) is 29.1 Å². The Morgan fingerprint density at radius 1 is 1.14 bits per heavy atom. The summed E-state index contributed by atoms with van der Waals surface area (Å²) < 4.78 is 30.2. The van der Waals surface area contributed by atoms with E-state index in [0.717, 1.165) is 40.0 Å². The molecule has 10 heteroatoms. The molecule has 4 heterocycles. The van der Waals surface area contributed by atoms with Crippen LogP contribution in [0.3, 0.4) is 0 Å². The molecule has 0 radical (unpaired) electrons. The highest BCUT2D eigenvalue weighted by Gasteiger charge is 2.31. The van der Waals surface area contributed by atoms with Crippen LogP contribution in [0.25, 0.3) is 15.9 Å². The Balaban J connectivity index is 1.37. The van der Waals surface area contributed by atoms with Gasteiger partial charge in [0.05, 0.1) is 26.3 Å². The van der Waals surface area contributed by atoms with Gasteiger partial charge in [-0.3, -0.25) is 0 Å². The van der Waals surface area contributed by atoms with Crippen LogP contribution in [0, 0.1) is 6.92 Å². The molecule has 8 nitrogen and oxygen atoms in total. The Labute approximate surface area is 165 Å². The van der Waals surface area contributed by atoms with Gasteiger partial charge < -0.3 is 0 Å². The van der Waals surface area contributed by atoms with Crippen molar-refractivity contribution in [1.29, 1.82) is 0 Å². The number of benzene rings is 1. The van der Waals surface area contributed by atoms with Gasteiger partial charge in [-0.25, -0.2) is 18.4 Å². The molecule has 0 bridgehead atoms. The van der Waals surface area contributed by atoms with Gasteiger partial charge in [0.1, 0.15) is 6.33 Å². The number of sulfonamides is 1. The number of hydrogen-bond donors (Lipinski definition) is 0. The van der Waals surface area contributed by atoms with E-state index >= 15 is 0 Å². The number of fused-ring (bicyclic) bond motifs is 2. The van der Waals surface area contributed by atoms with E-state index in [2.05, 4.69) is 20.2 Å². The fourth-order valence-electron chi connectivity index (χ4n) is 3.78. The van der Waals surface area contributed by atoms with E-state index in [1.807, 2.05) is 13.0 Å². The second kappa shape index (κ2) is 6.57.